The van der Waals surface area contributed by atoms with Gasteiger partial charge >= 0.3 is 0 Å². The number of nitrogens with one attached hydrogen (secondary N) is 2. The standard InChI is InChI=1S/C11H14N6O/c1-12-6-3-10(18)16-9-7-15-17(8-9)11-13-4-2-5-14-11/h2,4-5,7-8,12H,3,6H2,1H3,(H,16,18). The molecular weight excluding hydrogens is 232 g/mol. The summed E-state index contributed by atoms with van der Waals surface area (Å²) in [7, 11) is 1.80. The number of anilines is 1. The van der Waals surface area contributed by atoms with E-state index in [9.17, 15) is 4.79 Å². The lowest BCUT2D eigenvalue weighted by Crippen LogP contribution is -2.18. The van der Waals surface area contributed by atoms with E-state index in [1.807, 2.05) is 0 Å². The molecule has 0 aliphatic carbocycles. The summed E-state index contributed by atoms with van der Waals surface area (Å²) in [6.07, 6.45) is 6.92. The molecule has 2 heterocycles. The third-order valence-corrected chi connectivity index (χ3v) is 2.23. The quantitative estimate of drug-likeness (QED) is 0.787. The van der Waals surface area contributed by atoms with Crippen LogP contribution >= 0.6 is 0 Å². The predicted molar refractivity (Wildman–Crippen MR) is 66.3 cm³/mol. The first-order chi connectivity index (χ1) is 8.79. The van der Waals surface area contributed by atoms with Gasteiger partial charge in [-0.1, -0.05) is 0 Å². The Bertz CT molecular complexity index is 509. The number of rotatable bonds is 5. The molecule has 0 spiro atoms. The van der Waals surface area contributed by atoms with Crippen molar-refractivity contribution >= 4 is 11.6 Å². The largest absolute Gasteiger partial charge is 0.323 e. The van der Waals surface area contributed by atoms with Crippen LogP contribution in [-0.2, 0) is 4.79 Å². The molecule has 0 saturated heterocycles. The highest BCUT2D eigenvalue weighted by atomic mass is 16.1. The molecule has 0 saturated carbocycles. The maximum atomic E-state index is 11.5. The van der Waals surface area contributed by atoms with E-state index in [-0.39, 0.29) is 5.91 Å². The van der Waals surface area contributed by atoms with Crippen LogP contribution in [0.2, 0.25) is 0 Å². The fraction of sp³-hybridized carbons (Fsp3) is 0.273. The van der Waals surface area contributed by atoms with E-state index in [0.29, 0.717) is 24.6 Å². The van der Waals surface area contributed by atoms with Crippen molar-refractivity contribution in [1.82, 2.24) is 25.1 Å². The fourth-order valence-electron chi connectivity index (χ4n) is 1.37. The monoisotopic (exact) mass is 246 g/mol. The van der Waals surface area contributed by atoms with Gasteiger partial charge in [0.2, 0.25) is 11.9 Å². The van der Waals surface area contributed by atoms with Gasteiger partial charge in [0.1, 0.15) is 0 Å². The number of carbonyl (C=O) groups is 1. The molecule has 2 aromatic heterocycles. The maximum absolute atomic E-state index is 11.5. The lowest BCUT2D eigenvalue weighted by atomic mass is 10.4. The van der Waals surface area contributed by atoms with Crippen molar-refractivity contribution < 1.29 is 4.79 Å². The van der Waals surface area contributed by atoms with Gasteiger partial charge in [-0.25, -0.2) is 14.6 Å². The van der Waals surface area contributed by atoms with Gasteiger partial charge in [0, 0.05) is 25.4 Å². The zero-order valence-electron chi connectivity index (χ0n) is 10.00. The van der Waals surface area contributed by atoms with E-state index in [1.165, 1.54) is 4.68 Å². The maximum Gasteiger partial charge on any atom is 0.250 e. The smallest absolute Gasteiger partial charge is 0.250 e. The average molecular weight is 246 g/mol. The van der Waals surface area contributed by atoms with Crippen LogP contribution in [0.4, 0.5) is 5.69 Å². The number of carbonyl (C=O) groups excluding carboxylic acids is 1. The van der Waals surface area contributed by atoms with Gasteiger partial charge in [0.25, 0.3) is 0 Å². The van der Waals surface area contributed by atoms with Gasteiger partial charge in [0.05, 0.1) is 18.1 Å². The Kier molecular flexibility index (Phi) is 3.98. The van der Waals surface area contributed by atoms with Gasteiger partial charge < -0.3 is 10.6 Å². The highest BCUT2D eigenvalue weighted by Crippen LogP contribution is 2.07. The van der Waals surface area contributed by atoms with Crippen LogP contribution in [0.3, 0.4) is 0 Å². The summed E-state index contributed by atoms with van der Waals surface area (Å²) >= 11 is 0. The third kappa shape index (κ3) is 3.11. The minimum absolute atomic E-state index is 0.0575. The Hall–Kier alpha value is -2.28. The molecule has 2 N–H and O–H groups in total. The number of amides is 1. The van der Waals surface area contributed by atoms with Crippen LogP contribution < -0.4 is 10.6 Å². The summed E-state index contributed by atoms with van der Waals surface area (Å²) < 4.78 is 1.51. The zero-order valence-corrected chi connectivity index (χ0v) is 10.00. The Morgan fingerprint density at radius 1 is 1.39 bits per heavy atom. The predicted octanol–water partition coefficient (Wildman–Crippen LogP) is 0.210. The highest BCUT2D eigenvalue weighted by Gasteiger charge is 2.05. The molecule has 94 valence electrons. The normalized spacial score (nSPS) is 10.3. The van der Waals surface area contributed by atoms with Gasteiger partial charge in [0.15, 0.2) is 0 Å². The van der Waals surface area contributed by atoms with Crippen molar-refractivity contribution in [3.8, 4) is 5.95 Å². The molecule has 1 amide bonds. The second-order valence-corrected chi connectivity index (χ2v) is 3.62. The van der Waals surface area contributed by atoms with E-state index in [4.69, 9.17) is 0 Å². The Labute approximate surface area is 104 Å². The second-order valence-electron chi connectivity index (χ2n) is 3.62. The summed E-state index contributed by atoms with van der Waals surface area (Å²) in [5.41, 5.74) is 0.628. The fourth-order valence-corrected chi connectivity index (χ4v) is 1.37. The number of aromatic nitrogens is 4. The van der Waals surface area contributed by atoms with E-state index < -0.39 is 0 Å². The minimum atomic E-state index is -0.0575. The van der Waals surface area contributed by atoms with E-state index >= 15 is 0 Å². The van der Waals surface area contributed by atoms with Crippen LogP contribution in [0.5, 0.6) is 0 Å². The molecule has 0 aliphatic heterocycles. The molecule has 0 bridgehead atoms. The van der Waals surface area contributed by atoms with Crippen molar-refractivity contribution in [1.29, 1.82) is 0 Å². The molecule has 0 atom stereocenters. The van der Waals surface area contributed by atoms with E-state index in [0.717, 1.165) is 0 Å². The summed E-state index contributed by atoms with van der Waals surface area (Å²) in [6.45, 7) is 0.641. The first kappa shape index (κ1) is 12.2. The van der Waals surface area contributed by atoms with Crippen LogP contribution in [0.15, 0.2) is 30.9 Å². The van der Waals surface area contributed by atoms with Crippen LogP contribution in [-0.4, -0.2) is 39.2 Å². The Morgan fingerprint density at radius 2 is 2.17 bits per heavy atom. The van der Waals surface area contributed by atoms with Gasteiger partial charge in [-0.3, -0.25) is 4.79 Å². The van der Waals surface area contributed by atoms with Gasteiger partial charge in [-0.15, -0.1) is 0 Å². The third-order valence-electron chi connectivity index (χ3n) is 2.23. The van der Waals surface area contributed by atoms with Gasteiger partial charge in [-0.05, 0) is 13.1 Å². The van der Waals surface area contributed by atoms with Crippen molar-refractivity contribution in [3.63, 3.8) is 0 Å². The minimum Gasteiger partial charge on any atom is -0.323 e. The Morgan fingerprint density at radius 3 is 2.89 bits per heavy atom. The summed E-state index contributed by atoms with van der Waals surface area (Å²) in [5.74, 6) is 0.408. The molecule has 7 nitrogen and oxygen atoms in total. The molecule has 7 heteroatoms. The number of nitrogens with zero attached hydrogens (tertiary/aromatic N) is 4. The first-order valence-electron chi connectivity index (χ1n) is 5.56. The zero-order chi connectivity index (χ0) is 12.8. The molecular formula is C11H14N6O. The average Bonchev–Trinajstić information content (AvgIpc) is 2.86. The topological polar surface area (TPSA) is 84.7 Å². The van der Waals surface area contributed by atoms with Gasteiger partial charge in [-0.2, -0.15) is 5.10 Å². The van der Waals surface area contributed by atoms with Crippen molar-refractivity contribution in [3.05, 3.63) is 30.9 Å². The second kappa shape index (κ2) is 5.87. The summed E-state index contributed by atoms with van der Waals surface area (Å²) in [5, 5.41) is 9.74. The number of hydrogen-bond acceptors (Lipinski definition) is 5. The Balaban J connectivity index is 2.00. The van der Waals surface area contributed by atoms with Crippen molar-refractivity contribution in [2.24, 2.45) is 0 Å². The molecule has 0 aliphatic rings. The number of hydrogen-bond donors (Lipinski definition) is 2. The highest BCUT2D eigenvalue weighted by molar-refractivity contribution is 5.90. The van der Waals surface area contributed by atoms with Crippen molar-refractivity contribution in [2.45, 2.75) is 6.42 Å². The molecule has 0 radical (unpaired) electrons. The lowest BCUT2D eigenvalue weighted by molar-refractivity contribution is -0.116. The molecule has 2 aromatic rings. The van der Waals surface area contributed by atoms with Crippen LogP contribution in [0, 0.1) is 0 Å². The first-order valence-corrected chi connectivity index (χ1v) is 5.56. The summed E-state index contributed by atoms with van der Waals surface area (Å²) in [4.78, 5) is 19.6. The van der Waals surface area contributed by atoms with E-state index in [1.54, 1.807) is 37.9 Å². The molecule has 0 aromatic carbocycles. The lowest BCUT2D eigenvalue weighted by Gasteiger charge is -2.01. The van der Waals surface area contributed by atoms with Crippen LogP contribution in [0.25, 0.3) is 5.95 Å². The summed E-state index contributed by atoms with van der Waals surface area (Å²) in [6, 6.07) is 1.73. The molecule has 18 heavy (non-hydrogen) atoms. The molecule has 0 fully saturated rings. The molecule has 0 unspecified atom stereocenters. The SMILES string of the molecule is CNCCC(=O)Nc1cnn(-c2ncccn2)c1. The van der Waals surface area contributed by atoms with E-state index in [2.05, 4.69) is 25.7 Å². The van der Waals surface area contributed by atoms with Crippen LogP contribution in [0.1, 0.15) is 6.42 Å². The van der Waals surface area contributed by atoms with Crippen molar-refractivity contribution in [2.75, 3.05) is 18.9 Å². The molecule has 2 rings (SSSR count).